The van der Waals surface area contributed by atoms with Gasteiger partial charge in [-0.25, -0.2) is 4.39 Å². The number of benzene rings is 2. The number of aliphatic hydroxyl groups excluding tert-OH is 1. The van der Waals surface area contributed by atoms with Crippen molar-refractivity contribution in [2.75, 3.05) is 26.2 Å². The van der Waals surface area contributed by atoms with Crippen molar-refractivity contribution in [1.29, 1.82) is 0 Å². The first-order chi connectivity index (χ1) is 18.5. The average Bonchev–Trinajstić information content (AvgIpc) is 2.90. The topological polar surface area (TPSA) is 125 Å². The lowest BCUT2D eigenvalue weighted by Gasteiger charge is -2.25. The molecule has 0 heterocycles. The van der Waals surface area contributed by atoms with Crippen LogP contribution in [0.3, 0.4) is 0 Å². The van der Waals surface area contributed by atoms with Crippen LogP contribution in [0.2, 0.25) is 0 Å². The molecule has 0 saturated heterocycles. The highest BCUT2D eigenvalue weighted by molar-refractivity contribution is 6.04. The van der Waals surface area contributed by atoms with E-state index in [0.717, 1.165) is 24.8 Å². The summed E-state index contributed by atoms with van der Waals surface area (Å²) in [5.74, 6) is -1.47. The Hall–Kier alpha value is -3.30. The number of aliphatic hydroxyl groups is 1. The number of amides is 3. The van der Waals surface area contributed by atoms with Crippen LogP contribution in [0.15, 0.2) is 42.5 Å². The van der Waals surface area contributed by atoms with Gasteiger partial charge in [-0.3, -0.25) is 14.4 Å². The van der Waals surface area contributed by atoms with Gasteiger partial charge in [0.25, 0.3) is 11.8 Å². The molecule has 0 aliphatic carbocycles. The standard InChI is InChI=1S/C30H43FN4O4/c1-5-13-35(14-6-2)30(39)24-17-22(28(32)37)16-23(18-24)29(38)34-26(15-21-7-9-25(31)10-8-21)27(36)19-33-12-11-20(3)4/h7-10,16-18,20,26-27,33,36H,5-6,11-15,19H2,1-4H3,(H2,32,37)(H,34,38)/t26-,27+/m0/s1. The van der Waals surface area contributed by atoms with Crippen LogP contribution in [0.25, 0.3) is 0 Å². The zero-order chi connectivity index (χ0) is 28.9. The number of nitrogens with one attached hydrogen (secondary N) is 2. The van der Waals surface area contributed by atoms with Gasteiger partial charge in [0.15, 0.2) is 0 Å². The van der Waals surface area contributed by atoms with Gasteiger partial charge in [0.05, 0.1) is 12.1 Å². The molecule has 0 radical (unpaired) electrons. The third-order valence-electron chi connectivity index (χ3n) is 6.40. The predicted octanol–water partition coefficient (Wildman–Crippen LogP) is 3.52. The van der Waals surface area contributed by atoms with E-state index in [4.69, 9.17) is 5.73 Å². The van der Waals surface area contributed by atoms with Crippen LogP contribution < -0.4 is 16.4 Å². The van der Waals surface area contributed by atoms with Crippen LogP contribution in [0.4, 0.5) is 4.39 Å². The number of halogens is 1. The van der Waals surface area contributed by atoms with Crippen molar-refractivity contribution in [3.8, 4) is 0 Å². The van der Waals surface area contributed by atoms with Crippen molar-refractivity contribution < 1.29 is 23.9 Å². The summed E-state index contributed by atoms with van der Waals surface area (Å²) in [6, 6.07) is 9.35. The largest absolute Gasteiger partial charge is 0.390 e. The fourth-order valence-electron chi connectivity index (χ4n) is 4.25. The van der Waals surface area contributed by atoms with Crippen LogP contribution in [0, 0.1) is 11.7 Å². The molecule has 8 nitrogen and oxygen atoms in total. The lowest BCUT2D eigenvalue weighted by Crippen LogP contribution is -2.49. The van der Waals surface area contributed by atoms with E-state index < -0.39 is 24.0 Å². The maximum atomic E-state index is 13.4. The van der Waals surface area contributed by atoms with Gasteiger partial charge in [-0.05, 0) is 74.0 Å². The Balaban J connectivity index is 2.32. The van der Waals surface area contributed by atoms with E-state index in [-0.39, 0.29) is 41.4 Å². The SMILES string of the molecule is CCCN(CCC)C(=O)c1cc(C(N)=O)cc(C(=O)N[C@@H](Cc2ccc(F)cc2)[C@H](O)CNCCC(C)C)c1. The second-order valence-electron chi connectivity index (χ2n) is 10.3. The van der Waals surface area contributed by atoms with Crippen LogP contribution >= 0.6 is 0 Å². The highest BCUT2D eigenvalue weighted by Gasteiger charge is 2.24. The minimum atomic E-state index is -0.948. The molecule has 2 aromatic carbocycles. The second kappa shape index (κ2) is 16.0. The van der Waals surface area contributed by atoms with Gasteiger partial charge in [-0.1, -0.05) is 39.8 Å². The quantitative estimate of drug-likeness (QED) is 0.242. The molecule has 9 heteroatoms. The van der Waals surface area contributed by atoms with Crippen molar-refractivity contribution in [3.05, 3.63) is 70.5 Å². The van der Waals surface area contributed by atoms with Gasteiger partial charge in [0, 0.05) is 36.3 Å². The maximum Gasteiger partial charge on any atom is 0.253 e. The summed E-state index contributed by atoms with van der Waals surface area (Å²) in [4.78, 5) is 40.4. The van der Waals surface area contributed by atoms with Crippen LogP contribution in [-0.2, 0) is 6.42 Å². The van der Waals surface area contributed by atoms with Gasteiger partial charge < -0.3 is 26.4 Å². The number of nitrogens with two attached hydrogens (primary N) is 1. The lowest BCUT2D eigenvalue weighted by molar-refractivity contribution is 0.0755. The maximum absolute atomic E-state index is 13.4. The molecule has 2 rings (SSSR count). The summed E-state index contributed by atoms with van der Waals surface area (Å²) >= 11 is 0. The Labute approximate surface area is 231 Å². The molecule has 214 valence electrons. The Morgan fingerprint density at radius 2 is 1.56 bits per heavy atom. The van der Waals surface area contributed by atoms with Gasteiger partial charge in [0.2, 0.25) is 5.91 Å². The molecule has 0 fully saturated rings. The monoisotopic (exact) mass is 542 g/mol. The number of hydrogen-bond donors (Lipinski definition) is 4. The van der Waals surface area contributed by atoms with Crippen LogP contribution in [0.1, 0.15) is 83.6 Å². The molecule has 0 aliphatic heterocycles. The first-order valence-corrected chi connectivity index (χ1v) is 13.7. The molecule has 3 amide bonds. The van der Waals surface area contributed by atoms with E-state index in [1.807, 2.05) is 13.8 Å². The summed E-state index contributed by atoms with van der Waals surface area (Å²) in [6.45, 7) is 10.2. The molecule has 39 heavy (non-hydrogen) atoms. The Kier molecular flexibility index (Phi) is 13.1. The summed E-state index contributed by atoms with van der Waals surface area (Å²) in [5, 5.41) is 17.1. The fourth-order valence-corrected chi connectivity index (χ4v) is 4.25. The summed E-state index contributed by atoms with van der Waals surface area (Å²) < 4.78 is 13.4. The highest BCUT2D eigenvalue weighted by atomic mass is 19.1. The average molecular weight is 543 g/mol. The predicted molar refractivity (Wildman–Crippen MR) is 151 cm³/mol. The minimum Gasteiger partial charge on any atom is -0.390 e. The molecule has 0 aromatic heterocycles. The first kappa shape index (κ1) is 31.9. The van der Waals surface area contributed by atoms with E-state index in [2.05, 4.69) is 24.5 Å². The second-order valence-corrected chi connectivity index (χ2v) is 10.3. The van der Waals surface area contributed by atoms with Crippen molar-refractivity contribution in [2.45, 2.75) is 65.5 Å². The van der Waals surface area contributed by atoms with Crippen molar-refractivity contribution in [1.82, 2.24) is 15.5 Å². The third-order valence-corrected chi connectivity index (χ3v) is 6.40. The number of nitrogens with zero attached hydrogens (tertiary/aromatic N) is 1. The molecular formula is C30H43FN4O4. The molecule has 0 spiro atoms. The molecule has 0 saturated carbocycles. The zero-order valence-corrected chi connectivity index (χ0v) is 23.5. The first-order valence-electron chi connectivity index (χ1n) is 13.7. The number of carbonyl (C=O) groups excluding carboxylic acids is 3. The molecule has 0 unspecified atom stereocenters. The summed E-state index contributed by atoms with van der Waals surface area (Å²) in [6.07, 6.45) is 1.77. The van der Waals surface area contributed by atoms with E-state index in [1.54, 1.807) is 17.0 Å². The fraction of sp³-hybridized carbons (Fsp3) is 0.500. The molecule has 0 bridgehead atoms. The van der Waals surface area contributed by atoms with E-state index >= 15 is 0 Å². The lowest BCUT2D eigenvalue weighted by atomic mass is 9.99. The van der Waals surface area contributed by atoms with Crippen molar-refractivity contribution >= 4 is 17.7 Å². The van der Waals surface area contributed by atoms with Crippen LogP contribution in [0.5, 0.6) is 0 Å². The Morgan fingerprint density at radius 3 is 2.13 bits per heavy atom. The molecule has 5 N–H and O–H groups in total. The third kappa shape index (κ3) is 10.4. The van der Waals surface area contributed by atoms with E-state index in [9.17, 15) is 23.9 Å². The highest BCUT2D eigenvalue weighted by Crippen LogP contribution is 2.16. The van der Waals surface area contributed by atoms with Gasteiger partial charge in [-0.15, -0.1) is 0 Å². The minimum absolute atomic E-state index is 0.0462. The van der Waals surface area contributed by atoms with E-state index in [0.29, 0.717) is 25.6 Å². The smallest absolute Gasteiger partial charge is 0.253 e. The van der Waals surface area contributed by atoms with Gasteiger partial charge >= 0.3 is 0 Å². The molecule has 2 atom stereocenters. The van der Waals surface area contributed by atoms with Gasteiger partial charge in [-0.2, -0.15) is 0 Å². The molecule has 0 aliphatic rings. The van der Waals surface area contributed by atoms with Crippen LogP contribution in [-0.4, -0.2) is 66.1 Å². The summed E-state index contributed by atoms with van der Waals surface area (Å²) in [5.41, 5.74) is 6.59. The zero-order valence-electron chi connectivity index (χ0n) is 23.5. The number of primary amides is 1. The van der Waals surface area contributed by atoms with E-state index in [1.165, 1.54) is 30.3 Å². The van der Waals surface area contributed by atoms with Crippen molar-refractivity contribution in [3.63, 3.8) is 0 Å². The Morgan fingerprint density at radius 1 is 0.974 bits per heavy atom. The van der Waals surface area contributed by atoms with Crippen molar-refractivity contribution in [2.24, 2.45) is 11.7 Å². The number of hydrogen-bond acceptors (Lipinski definition) is 5. The number of rotatable bonds is 16. The normalized spacial score (nSPS) is 12.7. The number of carbonyl (C=O) groups is 3. The summed E-state index contributed by atoms with van der Waals surface area (Å²) in [7, 11) is 0. The molecular weight excluding hydrogens is 499 g/mol. The molecule has 2 aromatic rings. The Bertz CT molecular complexity index is 1080. The van der Waals surface area contributed by atoms with Gasteiger partial charge in [0.1, 0.15) is 5.82 Å².